The number of nitrogens with one attached hydrogen (secondary N) is 1. The van der Waals surface area contributed by atoms with Gasteiger partial charge in [-0.15, -0.1) is 11.3 Å². The number of hydrogen-bond acceptors (Lipinski definition) is 5. The Morgan fingerprint density at radius 3 is 2.86 bits per heavy atom. The third-order valence-corrected chi connectivity index (χ3v) is 6.69. The van der Waals surface area contributed by atoms with Crippen molar-refractivity contribution in [3.05, 3.63) is 34.3 Å². The van der Waals surface area contributed by atoms with Crippen LogP contribution in [0.3, 0.4) is 0 Å². The number of rotatable bonds is 4. The van der Waals surface area contributed by atoms with E-state index in [-0.39, 0.29) is 12.1 Å². The average Bonchev–Trinajstić information content (AvgIpc) is 3.29. The SMILES string of the molecule is COc1ccc(OC)c(C2CCCN2C(=O)Nc2nc3c(s2)CCCCC3)c1. The first-order valence-electron chi connectivity index (χ1n) is 9.97. The van der Waals surface area contributed by atoms with Crippen molar-refractivity contribution in [3.8, 4) is 11.5 Å². The van der Waals surface area contributed by atoms with Gasteiger partial charge in [0.05, 0.1) is 26.0 Å². The molecule has 2 heterocycles. The monoisotopic (exact) mass is 401 g/mol. The molecule has 1 aromatic heterocycles. The molecule has 1 aliphatic heterocycles. The molecule has 2 amide bonds. The van der Waals surface area contributed by atoms with E-state index in [4.69, 9.17) is 14.5 Å². The Balaban J connectivity index is 1.53. The summed E-state index contributed by atoms with van der Waals surface area (Å²) in [5, 5.41) is 3.77. The van der Waals surface area contributed by atoms with Gasteiger partial charge in [0.1, 0.15) is 11.5 Å². The summed E-state index contributed by atoms with van der Waals surface area (Å²) in [5.74, 6) is 1.55. The third-order valence-electron chi connectivity index (χ3n) is 5.62. The van der Waals surface area contributed by atoms with E-state index in [1.807, 2.05) is 23.1 Å². The van der Waals surface area contributed by atoms with Crippen molar-refractivity contribution in [3.63, 3.8) is 0 Å². The zero-order valence-electron chi connectivity index (χ0n) is 16.5. The van der Waals surface area contributed by atoms with Gasteiger partial charge in [0.25, 0.3) is 0 Å². The number of aromatic nitrogens is 1. The minimum atomic E-state index is -0.0868. The Kier molecular flexibility index (Phi) is 5.71. The van der Waals surface area contributed by atoms with Gasteiger partial charge in [-0.05, 0) is 56.7 Å². The minimum absolute atomic E-state index is 0.0252. The first-order valence-corrected chi connectivity index (χ1v) is 10.8. The number of methoxy groups -OCH3 is 2. The number of carbonyl (C=O) groups is 1. The van der Waals surface area contributed by atoms with Crippen molar-refractivity contribution in [2.45, 2.75) is 51.0 Å². The summed E-state index contributed by atoms with van der Waals surface area (Å²) in [6, 6.07) is 5.64. The molecular weight excluding hydrogens is 374 g/mol. The quantitative estimate of drug-likeness (QED) is 0.748. The molecule has 1 aliphatic carbocycles. The number of aryl methyl sites for hydroxylation is 2. The molecule has 6 nitrogen and oxygen atoms in total. The van der Waals surface area contributed by atoms with Crippen LogP contribution >= 0.6 is 11.3 Å². The number of hydrogen-bond donors (Lipinski definition) is 1. The van der Waals surface area contributed by atoms with Gasteiger partial charge in [-0.3, -0.25) is 5.32 Å². The molecule has 2 aromatic rings. The summed E-state index contributed by atoms with van der Waals surface area (Å²) in [5.41, 5.74) is 2.16. The first-order chi connectivity index (χ1) is 13.7. The van der Waals surface area contributed by atoms with Crippen LogP contribution in [0.5, 0.6) is 11.5 Å². The van der Waals surface area contributed by atoms with E-state index in [2.05, 4.69) is 5.32 Å². The van der Waals surface area contributed by atoms with Crippen LogP contribution in [0.15, 0.2) is 18.2 Å². The average molecular weight is 402 g/mol. The number of amides is 2. The van der Waals surface area contributed by atoms with Crippen LogP contribution in [0.25, 0.3) is 0 Å². The van der Waals surface area contributed by atoms with Crippen LogP contribution in [0, 0.1) is 0 Å². The molecule has 1 N–H and O–H groups in total. The molecule has 0 saturated carbocycles. The van der Waals surface area contributed by atoms with E-state index in [1.165, 1.54) is 29.8 Å². The number of likely N-dealkylation sites (tertiary alicyclic amines) is 1. The summed E-state index contributed by atoms with van der Waals surface area (Å²) in [6.07, 6.45) is 7.65. The molecule has 150 valence electrons. The first kappa shape index (κ1) is 19.1. The molecule has 1 atom stereocenters. The Morgan fingerprint density at radius 2 is 2.04 bits per heavy atom. The largest absolute Gasteiger partial charge is 0.497 e. The lowest BCUT2D eigenvalue weighted by Crippen LogP contribution is -2.34. The van der Waals surface area contributed by atoms with E-state index < -0.39 is 0 Å². The molecule has 1 saturated heterocycles. The number of thiazole rings is 1. The summed E-state index contributed by atoms with van der Waals surface area (Å²) in [6.45, 7) is 0.724. The van der Waals surface area contributed by atoms with Gasteiger partial charge in [0.15, 0.2) is 5.13 Å². The zero-order chi connectivity index (χ0) is 19.5. The van der Waals surface area contributed by atoms with E-state index in [0.29, 0.717) is 0 Å². The molecule has 1 unspecified atom stereocenters. The lowest BCUT2D eigenvalue weighted by Gasteiger charge is -2.26. The molecular formula is C21H27N3O3S. The van der Waals surface area contributed by atoms with Gasteiger partial charge >= 0.3 is 6.03 Å². The highest BCUT2D eigenvalue weighted by molar-refractivity contribution is 7.15. The number of fused-ring (bicyclic) bond motifs is 1. The maximum Gasteiger partial charge on any atom is 0.324 e. The highest BCUT2D eigenvalue weighted by Crippen LogP contribution is 2.39. The van der Waals surface area contributed by atoms with E-state index in [1.54, 1.807) is 25.6 Å². The predicted octanol–water partition coefficient (Wildman–Crippen LogP) is 4.80. The second-order valence-corrected chi connectivity index (χ2v) is 8.42. The second-order valence-electron chi connectivity index (χ2n) is 7.34. The summed E-state index contributed by atoms with van der Waals surface area (Å²) >= 11 is 1.63. The van der Waals surface area contributed by atoms with Crippen LogP contribution < -0.4 is 14.8 Å². The fraction of sp³-hybridized carbons (Fsp3) is 0.524. The van der Waals surface area contributed by atoms with E-state index >= 15 is 0 Å². The highest BCUT2D eigenvalue weighted by Gasteiger charge is 2.33. The third kappa shape index (κ3) is 3.81. The van der Waals surface area contributed by atoms with Crippen LogP contribution in [0.1, 0.15) is 54.3 Å². The van der Waals surface area contributed by atoms with Crippen molar-refractivity contribution < 1.29 is 14.3 Å². The van der Waals surface area contributed by atoms with Crippen molar-refractivity contribution in [1.82, 2.24) is 9.88 Å². The zero-order valence-corrected chi connectivity index (χ0v) is 17.3. The molecule has 0 spiro atoms. The summed E-state index contributed by atoms with van der Waals surface area (Å²) in [7, 11) is 3.31. The van der Waals surface area contributed by atoms with Crippen molar-refractivity contribution in [1.29, 1.82) is 0 Å². The van der Waals surface area contributed by atoms with Gasteiger partial charge in [0, 0.05) is 17.0 Å². The van der Waals surface area contributed by atoms with Crippen LogP contribution in [-0.4, -0.2) is 36.7 Å². The Labute approximate surface area is 169 Å². The van der Waals surface area contributed by atoms with Crippen LogP contribution in [0.2, 0.25) is 0 Å². The van der Waals surface area contributed by atoms with Crippen LogP contribution in [0.4, 0.5) is 9.93 Å². The Bertz CT molecular complexity index is 828. The number of ether oxygens (including phenoxy) is 2. The molecule has 1 aromatic carbocycles. The Morgan fingerprint density at radius 1 is 1.18 bits per heavy atom. The van der Waals surface area contributed by atoms with E-state index in [9.17, 15) is 4.79 Å². The molecule has 0 bridgehead atoms. The van der Waals surface area contributed by atoms with Crippen LogP contribution in [-0.2, 0) is 12.8 Å². The lowest BCUT2D eigenvalue weighted by molar-refractivity contribution is 0.206. The maximum absolute atomic E-state index is 13.0. The molecule has 4 rings (SSSR count). The number of anilines is 1. The normalized spacial score (nSPS) is 19.1. The standard InChI is InChI=1S/C21H27N3O3S/c1-26-14-10-11-18(27-2)15(13-14)17-8-6-12-24(17)21(25)23-20-22-16-7-4-3-5-9-19(16)28-20/h10-11,13,17H,3-9,12H2,1-2H3,(H,22,23,25). The number of urea groups is 1. The number of nitrogens with zero attached hydrogens (tertiary/aromatic N) is 2. The number of carbonyl (C=O) groups excluding carboxylic acids is 1. The number of benzene rings is 1. The van der Waals surface area contributed by atoms with Crippen molar-refractivity contribution in [2.24, 2.45) is 0 Å². The van der Waals surface area contributed by atoms with Crippen molar-refractivity contribution in [2.75, 3.05) is 26.1 Å². The smallest absolute Gasteiger partial charge is 0.324 e. The summed E-state index contributed by atoms with van der Waals surface area (Å²) in [4.78, 5) is 21.0. The fourth-order valence-corrected chi connectivity index (χ4v) is 5.22. The maximum atomic E-state index is 13.0. The van der Waals surface area contributed by atoms with Gasteiger partial charge in [-0.25, -0.2) is 9.78 Å². The van der Waals surface area contributed by atoms with Gasteiger partial charge in [-0.1, -0.05) is 6.42 Å². The predicted molar refractivity (Wildman–Crippen MR) is 111 cm³/mol. The molecule has 28 heavy (non-hydrogen) atoms. The van der Waals surface area contributed by atoms with Gasteiger partial charge < -0.3 is 14.4 Å². The van der Waals surface area contributed by atoms with Crippen molar-refractivity contribution >= 4 is 22.5 Å². The van der Waals surface area contributed by atoms with E-state index in [0.717, 1.165) is 54.4 Å². The van der Waals surface area contributed by atoms with Gasteiger partial charge in [-0.2, -0.15) is 0 Å². The Hall–Kier alpha value is -2.28. The molecule has 7 heteroatoms. The molecule has 1 fully saturated rings. The minimum Gasteiger partial charge on any atom is -0.497 e. The van der Waals surface area contributed by atoms with Gasteiger partial charge in [0.2, 0.25) is 0 Å². The molecule has 2 aliphatic rings. The second kappa shape index (κ2) is 8.39. The molecule has 0 radical (unpaired) electrons. The topological polar surface area (TPSA) is 63.7 Å². The summed E-state index contributed by atoms with van der Waals surface area (Å²) < 4.78 is 10.9. The highest BCUT2D eigenvalue weighted by atomic mass is 32.1. The fourth-order valence-electron chi connectivity index (χ4n) is 4.18. The lowest BCUT2D eigenvalue weighted by atomic mass is 10.0.